The highest BCUT2D eigenvalue weighted by atomic mass is 16.3. The molecule has 0 saturated carbocycles. The lowest BCUT2D eigenvalue weighted by Crippen LogP contribution is -1.96. The highest BCUT2D eigenvalue weighted by Gasteiger charge is 2.11. The molecule has 0 radical (unpaired) electrons. The van der Waals surface area contributed by atoms with E-state index in [-0.39, 0.29) is 5.71 Å². The second kappa shape index (κ2) is 7.50. The maximum Gasteiger partial charge on any atom is 0.237 e. The third-order valence-corrected chi connectivity index (χ3v) is 4.23. The molecule has 0 spiro atoms. The van der Waals surface area contributed by atoms with Crippen molar-refractivity contribution >= 4 is 22.5 Å². The smallest absolute Gasteiger partial charge is 0.237 e. The van der Waals surface area contributed by atoms with Crippen LogP contribution in [0, 0.1) is 22.7 Å². The van der Waals surface area contributed by atoms with Gasteiger partial charge in [0.15, 0.2) is 5.58 Å². The second-order valence-corrected chi connectivity index (χ2v) is 5.93. The van der Waals surface area contributed by atoms with Crippen LogP contribution in [-0.4, -0.2) is 10.7 Å². The summed E-state index contributed by atoms with van der Waals surface area (Å²) in [5, 5.41) is 21.1. The molecule has 1 atom stereocenters. The van der Waals surface area contributed by atoms with Crippen molar-refractivity contribution in [3.63, 3.8) is 0 Å². The lowest BCUT2D eigenvalue weighted by molar-refractivity contribution is 0.619. The number of rotatable bonds is 5. The zero-order valence-corrected chi connectivity index (χ0v) is 14.5. The Morgan fingerprint density at radius 1 is 1.19 bits per heavy atom. The van der Waals surface area contributed by atoms with Gasteiger partial charge in [-0.3, -0.25) is 5.43 Å². The van der Waals surface area contributed by atoms with Crippen LogP contribution >= 0.6 is 0 Å². The van der Waals surface area contributed by atoms with Crippen LogP contribution in [0.2, 0.25) is 0 Å². The van der Waals surface area contributed by atoms with E-state index in [1.54, 1.807) is 24.3 Å². The Morgan fingerprint density at radius 3 is 2.58 bits per heavy atom. The van der Waals surface area contributed by atoms with Gasteiger partial charge >= 0.3 is 0 Å². The van der Waals surface area contributed by atoms with Crippen LogP contribution in [0.3, 0.4) is 0 Å². The number of aromatic nitrogens is 1. The summed E-state index contributed by atoms with van der Waals surface area (Å²) in [5.74, 6) is 1.03. The molecule has 1 unspecified atom stereocenters. The molecule has 0 aliphatic heterocycles. The Kier molecular flexibility index (Phi) is 4.96. The second-order valence-electron chi connectivity index (χ2n) is 5.93. The Hall–Kier alpha value is -3.64. The number of nitrogens with zero attached hydrogens (tertiary/aromatic N) is 4. The summed E-state index contributed by atoms with van der Waals surface area (Å²) < 4.78 is 5.85. The van der Waals surface area contributed by atoms with Crippen molar-refractivity contribution in [1.82, 2.24) is 4.98 Å². The van der Waals surface area contributed by atoms with Gasteiger partial charge in [0.05, 0.1) is 5.69 Å². The Bertz CT molecular complexity index is 1020. The number of fused-ring (bicyclic) bond motifs is 1. The predicted molar refractivity (Wildman–Crippen MR) is 100 cm³/mol. The minimum Gasteiger partial charge on any atom is -0.436 e. The van der Waals surface area contributed by atoms with Gasteiger partial charge in [-0.1, -0.05) is 19.9 Å². The Morgan fingerprint density at radius 2 is 1.92 bits per heavy atom. The van der Waals surface area contributed by atoms with E-state index in [4.69, 9.17) is 14.9 Å². The van der Waals surface area contributed by atoms with Gasteiger partial charge in [0.25, 0.3) is 0 Å². The maximum absolute atomic E-state index is 8.67. The molecule has 1 N–H and O–H groups in total. The molecule has 6 nitrogen and oxygen atoms in total. The summed E-state index contributed by atoms with van der Waals surface area (Å²) in [7, 11) is 0. The first-order valence-electron chi connectivity index (χ1n) is 8.29. The van der Waals surface area contributed by atoms with Gasteiger partial charge in [0, 0.05) is 5.56 Å². The average molecular weight is 343 g/mol. The number of anilines is 1. The largest absolute Gasteiger partial charge is 0.436 e. The van der Waals surface area contributed by atoms with Crippen molar-refractivity contribution in [2.75, 3.05) is 5.43 Å². The molecule has 2 aromatic carbocycles. The van der Waals surface area contributed by atoms with Crippen molar-refractivity contribution in [1.29, 1.82) is 10.5 Å². The van der Waals surface area contributed by atoms with E-state index in [0.29, 0.717) is 17.5 Å². The molecule has 1 aromatic heterocycles. The van der Waals surface area contributed by atoms with Gasteiger partial charge < -0.3 is 4.42 Å². The van der Waals surface area contributed by atoms with Crippen molar-refractivity contribution in [2.24, 2.45) is 5.10 Å². The van der Waals surface area contributed by atoms with Gasteiger partial charge in [-0.25, -0.2) is 4.98 Å². The minimum absolute atomic E-state index is 0.231. The van der Waals surface area contributed by atoms with Gasteiger partial charge in [-0.05, 0) is 54.3 Å². The first-order valence-corrected chi connectivity index (χ1v) is 8.29. The number of hydrogen-bond acceptors (Lipinski definition) is 6. The van der Waals surface area contributed by atoms with Crippen molar-refractivity contribution < 1.29 is 4.42 Å². The molecule has 0 aliphatic carbocycles. The first kappa shape index (κ1) is 17.2. The number of nitriles is 2. The highest BCUT2D eigenvalue weighted by Crippen LogP contribution is 2.28. The maximum atomic E-state index is 8.67. The molecule has 0 fully saturated rings. The van der Waals surface area contributed by atoms with Crippen LogP contribution in [-0.2, 0) is 0 Å². The van der Waals surface area contributed by atoms with Gasteiger partial charge in [-0.15, -0.1) is 0 Å². The number of hydrogen-bond donors (Lipinski definition) is 1. The zero-order valence-electron chi connectivity index (χ0n) is 14.5. The highest BCUT2D eigenvalue weighted by molar-refractivity contribution is 6.10. The summed E-state index contributed by atoms with van der Waals surface area (Å²) >= 11 is 0. The first-order chi connectivity index (χ1) is 12.6. The van der Waals surface area contributed by atoms with Crippen LogP contribution in [0.4, 0.5) is 5.69 Å². The lowest BCUT2D eigenvalue weighted by atomic mass is 9.98. The molecule has 1 heterocycles. The van der Waals surface area contributed by atoms with Crippen LogP contribution in [0.1, 0.15) is 31.7 Å². The Labute approximate surface area is 151 Å². The van der Waals surface area contributed by atoms with E-state index in [9.17, 15) is 0 Å². The van der Waals surface area contributed by atoms with E-state index < -0.39 is 0 Å². The molecule has 0 amide bonds. The normalized spacial score (nSPS) is 11.4. The quantitative estimate of drug-likeness (QED) is 0.529. The summed E-state index contributed by atoms with van der Waals surface area (Å²) in [6.45, 7) is 4.36. The SMILES string of the molecule is CCC(C)c1ccc2oc(-c3ccc(NN=C(C#N)C#N)cc3)nc2c1. The fraction of sp³-hybridized carbons (Fsp3) is 0.200. The summed E-state index contributed by atoms with van der Waals surface area (Å²) in [5.41, 5.74) is 6.79. The van der Waals surface area contributed by atoms with E-state index in [2.05, 4.69) is 41.5 Å². The molecule has 6 heteroatoms. The summed E-state index contributed by atoms with van der Waals surface area (Å²) in [4.78, 5) is 4.59. The summed E-state index contributed by atoms with van der Waals surface area (Å²) in [6.07, 6.45) is 1.08. The number of nitrogens with one attached hydrogen (secondary N) is 1. The van der Waals surface area contributed by atoms with Gasteiger partial charge in [0.2, 0.25) is 11.6 Å². The Balaban J connectivity index is 1.84. The van der Waals surface area contributed by atoms with Crippen LogP contribution in [0.25, 0.3) is 22.6 Å². The molecule has 0 saturated heterocycles. The fourth-order valence-electron chi connectivity index (χ4n) is 2.49. The predicted octanol–water partition coefficient (Wildman–Crippen LogP) is 4.82. The average Bonchev–Trinajstić information content (AvgIpc) is 3.12. The molecule has 3 aromatic rings. The lowest BCUT2D eigenvalue weighted by Gasteiger charge is -2.07. The molecule has 3 rings (SSSR count). The summed E-state index contributed by atoms with van der Waals surface area (Å²) in [6, 6.07) is 16.8. The number of benzene rings is 2. The number of hydrazone groups is 1. The monoisotopic (exact) mass is 343 g/mol. The van der Waals surface area contributed by atoms with E-state index in [1.807, 2.05) is 18.2 Å². The van der Waals surface area contributed by atoms with Crippen molar-refractivity contribution in [2.45, 2.75) is 26.2 Å². The third-order valence-electron chi connectivity index (χ3n) is 4.23. The van der Waals surface area contributed by atoms with Crippen molar-refractivity contribution in [3.05, 3.63) is 48.0 Å². The van der Waals surface area contributed by atoms with Gasteiger partial charge in [-0.2, -0.15) is 15.6 Å². The standard InChI is InChI=1S/C20H17N5O/c1-3-13(2)15-6-9-19-18(10-15)23-20(26-19)14-4-7-16(8-5-14)24-25-17(11-21)12-22/h4-10,13,24H,3H2,1-2H3. The molecular formula is C20H17N5O. The van der Waals surface area contributed by atoms with Crippen LogP contribution in [0.15, 0.2) is 52.0 Å². The molecule has 0 aliphatic rings. The van der Waals surface area contributed by atoms with Crippen LogP contribution in [0.5, 0.6) is 0 Å². The molecule has 128 valence electrons. The van der Waals surface area contributed by atoms with E-state index in [1.165, 1.54) is 5.56 Å². The van der Waals surface area contributed by atoms with Crippen molar-refractivity contribution in [3.8, 4) is 23.6 Å². The van der Waals surface area contributed by atoms with E-state index in [0.717, 1.165) is 23.1 Å². The fourth-order valence-corrected chi connectivity index (χ4v) is 2.49. The molecular weight excluding hydrogens is 326 g/mol. The molecule has 26 heavy (non-hydrogen) atoms. The number of oxazole rings is 1. The molecule has 0 bridgehead atoms. The van der Waals surface area contributed by atoms with Gasteiger partial charge in [0.1, 0.15) is 17.7 Å². The van der Waals surface area contributed by atoms with Crippen LogP contribution < -0.4 is 5.43 Å². The zero-order chi connectivity index (χ0) is 18.5. The minimum atomic E-state index is -0.231. The topological polar surface area (TPSA) is 98.0 Å². The third kappa shape index (κ3) is 3.55. The van der Waals surface area contributed by atoms with E-state index >= 15 is 0 Å².